The highest BCUT2D eigenvalue weighted by Crippen LogP contribution is 2.38. The molecule has 1 aromatic carbocycles. The van der Waals surface area contributed by atoms with Crippen LogP contribution in [0.5, 0.6) is 0 Å². The lowest BCUT2D eigenvalue weighted by Gasteiger charge is -2.31. The summed E-state index contributed by atoms with van der Waals surface area (Å²) in [4.78, 5) is 18.7. The number of hydrogen-bond donors (Lipinski definition) is 2. The van der Waals surface area contributed by atoms with Crippen molar-refractivity contribution >= 4 is 11.9 Å². The minimum Gasteiger partial charge on any atom is -0.356 e. The molecule has 0 bridgehead atoms. The van der Waals surface area contributed by atoms with Gasteiger partial charge in [0.05, 0.1) is 17.3 Å². The smallest absolute Gasteiger partial charge is 0.230 e. The van der Waals surface area contributed by atoms with Crippen molar-refractivity contribution in [2.24, 2.45) is 10.4 Å². The van der Waals surface area contributed by atoms with E-state index in [9.17, 15) is 4.79 Å². The van der Waals surface area contributed by atoms with E-state index in [4.69, 9.17) is 0 Å². The minimum absolute atomic E-state index is 0.214. The van der Waals surface area contributed by atoms with Crippen molar-refractivity contribution in [1.29, 1.82) is 0 Å². The summed E-state index contributed by atoms with van der Waals surface area (Å²) in [5.74, 6) is 0.949. The highest BCUT2D eigenvalue weighted by molar-refractivity contribution is 5.85. The average Bonchev–Trinajstić information content (AvgIpc) is 3.41. The summed E-state index contributed by atoms with van der Waals surface area (Å²) in [5.41, 5.74) is 1.90. The maximum atomic E-state index is 12.7. The molecule has 0 unspecified atom stereocenters. The van der Waals surface area contributed by atoms with Crippen LogP contribution >= 0.6 is 0 Å². The summed E-state index contributed by atoms with van der Waals surface area (Å²) in [6.07, 6.45) is 8.89. The van der Waals surface area contributed by atoms with Gasteiger partial charge in [-0.25, -0.2) is 4.68 Å². The Kier molecular flexibility index (Phi) is 6.90. The third-order valence-electron chi connectivity index (χ3n) is 5.60. The number of amides is 1. The lowest BCUT2D eigenvalue weighted by Crippen LogP contribution is -2.49. The largest absolute Gasteiger partial charge is 0.356 e. The molecule has 0 saturated heterocycles. The van der Waals surface area contributed by atoms with Crippen molar-refractivity contribution in [3.8, 4) is 5.69 Å². The van der Waals surface area contributed by atoms with Gasteiger partial charge in [0.1, 0.15) is 0 Å². The predicted molar refractivity (Wildman–Crippen MR) is 116 cm³/mol. The zero-order chi connectivity index (χ0) is 20.7. The van der Waals surface area contributed by atoms with E-state index in [1.54, 1.807) is 11.9 Å². The molecular formula is C22H32N6O. The first-order chi connectivity index (χ1) is 14.0. The maximum absolute atomic E-state index is 12.7. The molecule has 0 radical (unpaired) electrons. The molecule has 0 aliphatic heterocycles. The SMILES string of the molecule is CN=C(NCCc1cnn(-c2ccccc2)c1)NCC1(C(=O)N(C)C)CCCC1. The van der Waals surface area contributed by atoms with Crippen molar-refractivity contribution in [2.75, 3.05) is 34.2 Å². The van der Waals surface area contributed by atoms with Crippen molar-refractivity contribution < 1.29 is 4.79 Å². The van der Waals surface area contributed by atoms with Crippen LogP contribution < -0.4 is 10.6 Å². The summed E-state index contributed by atoms with van der Waals surface area (Å²) in [5, 5.41) is 11.2. The molecule has 2 N–H and O–H groups in total. The van der Waals surface area contributed by atoms with Crippen LogP contribution in [0.4, 0.5) is 0 Å². The van der Waals surface area contributed by atoms with E-state index in [0.29, 0.717) is 6.54 Å². The standard InChI is InChI=1S/C22H32N6O/c1-23-21(25-17-22(12-7-8-13-22)20(29)27(2)3)24-14-11-18-15-26-28(16-18)19-9-5-4-6-10-19/h4-6,9-10,15-16H,7-8,11-14,17H2,1-3H3,(H2,23,24,25). The van der Waals surface area contributed by atoms with E-state index in [-0.39, 0.29) is 11.3 Å². The van der Waals surface area contributed by atoms with Crippen LogP contribution in [0.3, 0.4) is 0 Å². The van der Waals surface area contributed by atoms with Gasteiger partial charge in [0, 0.05) is 40.4 Å². The molecule has 1 heterocycles. The number of aliphatic imine (C=N–C) groups is 1. The molecule has 1 aliphatic rings. The predicted octanol–water partition coefficient (Wildman–Crippen LogP) is 2.23. The Balaban J connectivity index is 1.50. The number of para-hydroxylation sites is 1. The second kappa shape index (κ2) is 9.58. The number of nitrogens with zero attached hydrogens (tertiary/aromatic N) is 4. The third kappa shape index (κ3) is 5.16. The monoisotopic (exact) mass is 396 g/mol. The Morgan fingerprint density at radius 3 is 2.59 bits per heavy atom. The Morgan fingerprint density at radius 1 is 1.21 bits per heavy atom. The van der Waals surface area contributed by atoms with Crippen molar-refractivity contribution in [1.82, 2.24) is 25.3 Å². The van der Waals surface area contributed by atoms with Gasteiger partial charge in [-0.3, -0.25) is 9.79 Å². The van der Waals surface area contributed by atoms with Crippen molar-refractivity contribution in [3.63, 3.8) is 0 Å². The van der Waals surface area contributed by atoms with Gasteiger partial charge in [0.2, 0.25) is 5.91 Å². The molecule has 3 rings (SSSR count). The van der Waals surface area contributed by atoms with Crippen LogP contribution in [0, 0.1) is 5.41 Å². The zero-order valence-electron chi connectivity index (χ0n) is 17.7. The van der Waals surface area contributed by atoms with Crippen LogP contribution in [0.2, 0.25) is 0 Å². The van der Waals surface area contributed by atoms with Gasteiger partial charge in [-0.2, -0.15) is 5.10 Å². The highest BCUT2D eigenvalue weighted by atomic mass is 16.2. The maximum Gasteiger partial charge on any atom is 0.230 e. The van der Waals surface area contributed by atoms with Crippen LogP contribution in [-0.2, 0) is 11.2 Å². The summed E-state index contributed by atoms with van der Waals surface area (Å²) in [6, 6.07) is 10.1. The number of hydrogen-bond acceptors (Lipinski definition) is 3. The lowest BCUT2D eigenvalue weighted by atomic mass is 9.84. The first-order valence-corrected chi connectivity index (χ1v) is 10.3. The van der Waals surface area contributed by atoms with Crippen LogP contribution in [0.1, 0.15) is 31.2 Å². The third-order valence-corrected chi connectivity index (χ3v) is 5.60. The number of nitrogens with one attached hydrogen (secondary N) is 2. The number of carbonyl (C=O) groups excluding carboxylic acids is 1. The number of carbonyl (C=O) groups is 1. The van der Waals surface area contributed by atoms with Gasteiger partial charge in [-0.15, -0.1) is 0 Å². The molecule has 1 saturated carbocycles. The molecule has 0 spiro atoms. The summed E-state index contributed by atoms with van der Waals surface area (Å²) >= 11 is 0. The van der Waals surface area contributed by atoms with Crippen molar-refractivity contribution in [3.05, 3.63) is 48.3 Å². The van der Waals surface area contributed by atoms with E-state index in [1.807, 2.05) is 55.3 Å². The fourth-order valence-corrected chi connectivity index (χ4v) is 4.00. The van der Waals surface area contributed by atoms with Gasteiger partial charge in [-0.05, 0) is 37.0 Å². The Labute approximate surface area is 173 Å². The quantitative estimate of drug-likeness (QED) is 0.556. The van der Waals surface area contributed by atoms with E-state index >= 15 is 0 Å². The Bertz CT molecular complexity index is 821. The molecule has 2 aromatic rings. The molecule has 156 valence electrons. The van der Waals surface area contributed by atoms with Gasteiger partial charge >= 0.3 is 0 Å². The second-order valence-electron chi connectivity index (χ2n) is 7.92. The average molecular weight is 397 g/mol. The molecule has 7 heteroatoms. The fraction of sp³-hybridized carbons (Fsp3) is 0.500. The van der Waals surface area contributed by atoms with Gasteiger partial charge in [-0.1, -0.05) is 31.0 Å². The van der Waals surface area contributed by atoms with Gasteiger partial charge in [0.15, 0.2) is 5.96 Å². The number of benzene rings is 1. The topological polar surface area (TPSA) is 74.5 Å². The van der Waals surface area contributed by atoms with E-state index < -0.39 is 0 Å². The van der Waals surface area contributed by atoms with Crippen LogP contribution in [0.15, 0.2) is 47.7 Å². The zero-order valence-corrected chi connectivity index (χ0v) is 17.7. The summed E-state index contributed by atoms with van der Waals surface area (Å²) in [7, 11) is 5.44. The molecular weight excluding hydrogens is 364 g/mol. The number of aromatic nitrogens is 2. The van der Waals surface area contributed by atoms with Gasteiger partial charge in [0.25, 0.3) is 0 Å². The van der Waals surface area contributed by atoms with E-state index in [0.717, 1.165) is 55.9 Å². The first-order valence-electron chi connectivity index (χ1n) is 10.3. The minimum atomic E-state index is -0.308. The first kappa shape index (κ1) is 20.9. The molecule has 1 fully saturated rings. The summed E-state index contributed by atoms with van der Waals surface area (Å²) in [6.45, 7) is 1.37. The Morgan fingerprint density at radius 2 is 1.93 bits per heavy atom. The fourth-order valence-electron chi connectivity index (χ4n) is 4.00. The van der Waals surface area contributed by atoms with Crippen LogP contribution in [-0.4, -0.2) is 60.8 Å². The molecule has 1 aliphatic carbocycles. The number of guanidine groups is 1. The molecule has 29 heavy (non-hydrogen) atoms. The second-order valence-corrected chi connectivity index (χ2v) is 7.92. The normalized spacial score (nSPS) is 15.9. The summed E-state index contributed by atoms with van der Waals surface area (Å²) < 4.78 is 1.89. The van der Waals surface area contributed by atoms with Crippen molar-refractivity contribution in [2.45, 2.75) is 32.1 Å². The highest BCUT2D eigenvalue weighted by Gasteiger charge is 2.42. The lowest BCUT2D eigenvalue weighted by molar-refractivity contribution is -0.138. The van der Waals surface area contributed by atoms with Crippen LogP contribution in [0.25, 0.3) is 5.69 Å². The van der Waals surface area contributed by atoms with E-state index in [2.05, 4.69) is 26.9 Å². The van der Waals surface area contributed by atoms with E-state index in [1.165, 1.54) is 0 Å². The molecule has 1 aromatic heterocycles. The Hall–Kier alpha value is -2.83. The molecule has 1 amide bonds. The molecule has 0 atom stereocenters. The van der Waals surface area contributed by atoms with Gasteiger partial charge < -0.3 is 15.5 Å². The molecule has 7 nitrogen and oxygen atoms in total. The number of rotatable bonds is 7.